The van der Waals surface area contributed by atoms with Gasteiger partial charge in [-0.25, -0.2) is 9.59 Å². The summed E-state index contributed by atoms with van der Waals surface area (Å²) in [6.07, 6.45) is 2.93. The topological polar surface area (TPSA) is 56.5 Å². The van der Waals surface area contributed by atoms with Crippen molar-refractivity contribution in [2.24, 2.45) is 0 Å². The molecule has 0 N–H and O–H groups in total. The van der Waals surface area contributed by atoms with Gasteiger partial charge in [-0.05, 0) is 25.5 Å². The second-order valence-electron chi connectivity index (χ2n) is 4.20. The number of allylic oxidation sites excluding steroid dienone is 1. The van der Waals surface area contributed by atoms with Gasteiger partial charge in [0.25, 0.3) is 0 Å². The molecule has 1 aromatic carbocycles. The van der Waals surface area contributed by atoms with Gasteiger partial charge >= 0.3 is 11.6 Å². The molecule has 0 saturated heterocycles. The summed E-state index contributed by atoms with van der Waals surface area (Å²) in [5.74, 6) is -0.434. The molecule has 19 heavy (non-hydrogen) atoms. The molecule has 0 aliphatic carbocycles. The highest BCUT2D eigenvalue weighted by atomic mass is 16.5. The Labute approximate surface area is 110 Å². The molecular weight excluding hydrogens is 244 g/mol. The molecule has 0 spiro atoms. The highest BCUT2D eigenvalue weighted by Crippen LogP contribution is 2.19. The Balaban J connectivity index is 2.37. The van der Waals surface area contributed by atoms with Crippen molar-refractivity contribution in [1.29, 1.82) is 0 Å². The lowest BCUT2D eigenvalue weighted by atomic mass is 10.1. The summed E-state index contributed by atoms with van der Waals surface area (Å²) in [6, 6.07) is 6.90. The van der Waals surface area contributed by atoms with Gasteiger partial charge in [-0.2, -0.15) is 0 Å². The van der Waals surface area contributed by atoms with Gasteiger partial charge in [0.1, 0.15) is 12.2 Å². The van der Waals surface area contributed by atoms with Gasteiger partial charge in [0.05, 0.1) is 0 Å². The minimum absolute atomic E-state index is 0.0499. The average Bonchev–Trinajstić information content (AvgIpc) is 2.35. The van der Waals surface area contributed by atoms with Gasteiger partial charge in [0.15, 0.2) is 0 Å². The summed E-state index contributed by atoms with van der Waals surface area (Å²) in [7, 11) is 0. The number of esters is 1. The molecule has 1 aromatic heterocycles. The van der Waals surface area contributed by atoms with Gasteiger partial charge in [-0.15, -0.1) is 0 Å². The first-order valence-electron chi connectivity index (χ1n) is 5.93. The number of benzene rings is 1. The van der Waals surface area contributed by atoms with Crippen LogP contribution in [0, 0.1) is 6.92 Å². The molecule has 98 valence electrons. The molecule has 0 fully saturated rings. The van der Waals surface area contributed by atoms with E-state index in [1.807, 2.05) is 19.1 Å². The zero-order valence-electron chi connectivity index (χ0n) is 10.8. The summed E-state index contributed by atoms with van der Waals surface area (Å²) in [5, 5.41) is 0.776. The van der Waals surface area contributed by atoms with Crippen molar-refractivity contribution in [2.45, 2.75) is 20.5 Å². The highest BCUT2D eigenvalue weighted by Gasteiger charge is 2.07. The lowest BCUT2D eigenvalue weighted by Gasteiger charge is -2.06. The van der Waals surface area contributed by atoms with Crippen molar-refractivity contribution in [3.8, 4) is 0 Å². The standard InChI is InChI=1S/C15H14O4/c1-3-4-14(16)18-9-11-8-15(17)19-13-7-10(2)5-6-12(11)13/h3-8H,9H2,1-2H3/b4-3+. The lowest BCUT2D eigenvalue weighted by molar-refractivity contribution is -0.138. The number of carbonyl (C=O) groups excluding carboxylic acids is 1. The second kappa shape index (κ2) is 5.52. The Morgan fingerprint density at radius 2 is 2.16 bits per heavy atom. The van der Waals surface area contributed by atoms with Crippen LogP contribution in [0.3, 0.4) is 0 Å². The molecule has 0 unspecified atom stereocenters. The van der Waals surface area contributed by atoms with Crippen LogP contribution in [0.1, 0.15) is 18.1 Å². The second-order valence-corrected chi connectivity index (χ2v) is 4.20. The first-order chi connectivity index (χ1) is 9.10. The molecule has 2 aromatic rings. The van der Waals surface area contributed by atoms with Crippen LogP contribution in [0.25, 0.3) is 11.0 Å². The van der Waals surface area contributed by atoms with Crippen molar-refractivity contribution >= 4 is 16.9 Å². The van der Waals surface area contributed by atoms with E-state index < -0.39 is 11.6 Å². The van der Waals surface area contributed by atoms with Crippen LogP contribution in [-0.2, 0) is 16.1 Å². The molecule has 2 rings (SSSR count). The van der Waals surface area contributed by atoms with Crippen molar-refractivity contribution in [3.63, 3.8) is 0 Å². The maximum Gasteiger partial charge on any atom is 0.336 e. The number of fused-ring (bicyclic) bond motifs is 1. The number of aryl methyl sites for hydroxylation is 1. The van der Waals surface area contributed by atoms with Crippen LogP contribution < -0.4 is 5.63 Å². The van der Waals surface area contributed by atoms with Crippen LogP contribution in [0.5, 0.6) is 0 Å². The average molecular weight is 258 g/mol. The highest BCUT2D eigenvalue weighted by molar-refractivity contribution is 5.83. The Morgan fingerprint density at radius 1 is 1.37 bits per heavy atom. The normalized spacial score (nSPS) is 11.1. The molecule has 4 nitrogen and oxygen atoms in total. The number of hydrogen-bond acceptors (Lipinski definition) is 4. The number of hydrogen-bond donors (Lipinski definition) is 0. The minimum atomic E-state index is -0.449. The Kier molecular flexibility index (Phi) is 3.80. The third kappa shape index (κ3) is 3.10. The summed E-state index contributed by atoms with van der Waals surface area (Å²) in [4.78, 5) is 22.7. The quantitative estimate of drug-likeness (QED) is 0.482. The Bertz CT molecular complexity index is 695. The Hall–Kier alpha value is -2.36. The summed E-state index contributed by atoms with van der Waals surface area (Å²) >= 11 is 0. The summed E-state index contributed by atoms with van der Waals surface area (Å²) in [5.41, 5.74) is 1.70. The summed E-state index contributed by atoms with van der Waals surface area (Å²) in [6.45, 7) is 3.70. The molecular formula is C15H14O4. The van der Waals surface area contributed by atoms with E-state index in [1.54, 1.807) is 19.1 Å². The molecule has 1 heterocycles. The fourth-order valence-corrected chi connectivity index (χ4v) is 1.79. The van der Waals surface area contributed by atoms with Crippen molar-refractivity contribution in [1.82, 2.24) is 0 Å². The fourth-order valence-electron chi connectivity index (χ4n) is 1.79. The van der Waals surface area contributed by atoms with Gasteiger partial charge in [-0.3, -0.25) is 0 Å². The SMILES string of the molecule is C/C=C/C(=O)OCc1cc(=O)oc2cc(C)ccc12. The zero-order valence-corrected chi connectivity index (χ0v) is 10.8. The minimum Gasteiger partial charge on any atom is -0.458 e. The van der Waals surface area contributed by atoms with E-state index in [-0.39, 0.29) is 6.61 Å². The predicted molar refractivity (Wildman–Crippen MR) is 71.8 cm³/mol. The van der Waals surface area contributed by atoms with E-state index in [1.165, 1.54) is 12.1 Å². The maximum absolute atomic E-state index is 11.5. The Morgan fingerprint density at radius 3 is 2.89 bits per heavy atom. The molecule has 0 saturated carbocycles. The first kappa shape index (κ1) is 13.1. The van der Waals surface area contributed by atoms with Crippen LogP contribution in [0.2, 0.25) is 0 Å². The van der Waals surface area contributed by atoms with Crippen molar-refractivity contribution < 1.29 is 13.9 Å². The largest absolute Gasteiger partial charge is 0.458 e. The molecule has 0 amide bonds. The summed E-state index contributed by atoms with van der Waals surface area (Å²) < 4.78 is 10.2. The molecule has 0 bridgehead atoms. The molecule has 0 radical (unpaired) electrons. The fraction of sp³-hybridized carbons (Fsp3) is 0.200. The van der Waals surface area contributed by atoms with Crippen molar-refractivity contribution in [2.75, 3.05) is 0 Å². The first-order valence-corrected chi connectivity index (χ1v) is 5.93. The van der Waals surface area contributed by atoms with Crippen molar-refractivity contribution in [3.05, 3.63) is 58.0 Å². The van der Waals surface area contributed by atoms with E-state index >= 15 is 0 Å². The monoisotopic (exact) mass is 258 g/mol. The number of ether oxygens (including phenoxy) is 1. The number of rotatable bonds is 3. The molecule has 0 aliphatic rings. The van der Waals surface area contributed by atoms with E-state index in [4.69, 9.17) is 9.15 Å². The van der Waals surface area contributed by atoms with E-state index in [0.29, 0.717) is 11.1 Å². The molecule has 0 atom stereocenters. The van der Waals surface area contributed by atoms with E-state index in [9.17, 15) is 9.59 Å². The third-order valence-corrected chi connectivity index (χ3v) is 2.66. The smallest absolute Gasteiger partial charge is 0.336 e. The van der Waals surface area contributed by atoms with Crippen LogP contribution >= 0.6 is 0 Å². The zero-order chi connectivity index (χ0) is 13.8. The maximum atomic E-state index is 11.5. The van der Waals surface area contributed by atoms with Crippen LogP contribution in [0.15, 0.2) is 45.6 Å². The van der Waals surface area contributed by atoms with Gasteiger partial charge in [0, 0.05) is 23.1 Å². The van der Waals surface area contributed by atoms with Gasteiger partial charge in [0.2, 0.25) is 0 Å². The van der Waals surface area contributed by atoms with Crippen LogP contribution in [-0.4, -0.2) is 5.97 Å². The van der Waals surface area contributed by atoms with Crippen LogP contribution in [0.4, 0.5) is 0 Å². The van der Waals surface area contributed by atoms with E-state index in [0.717, 1.165) is 10.9 Å². The third-order valence-electron chi connectivity index (χ3n) is 2.66. The molecule has 0 aliphatic heterocycles. The van der Waals surface area contributed by atoms with E-state index in [2.05, 4.69) is 0 Å². The number of carbonyl (C=O) groups is 1. The van der Waals surface area contributed by atoms with Gasteiger partial charge < -0.3 is 9.15 Å². The molecule has 4 heteroatoms. The lowest BCUT2D eigenvalue weighted by Crippen LogP contribution is -2.05. The van der Waals surface area contributed by atoms with Gasteiger partial charge in [-0.1, -0.05) is 18.2 Å². The predicted octanol–water partition coefficient (Wildman–Crippen LogP) is 2.72.